The maximum Gasteiger partial charge on any atom is 0.191 e. The summed E-state index contributed by atoms with van der Waals surface area (Å²) >= 11 is 0. The second-order valence-electron chi connectivity index (χ2n) is 10.0. The molecule has 1 aromatic carbocycles. The third-order valence-electron chi connectivity index (χ3n) is 7.70. The van der Waals surface area contributed by atoms with Crippen LogP contribution in [0.25, 0.3) is 0 Å². The Morgan fingerprint density at radius 2 is 1.75 bits per heavy atom. The van der Waals surface area contributed by atoms with Crippen LogP contribution in [-0.4, -0.2) is 86.7 Å². The molecule has 3 fully saturated rings. The second kappa shape index (κ2) is 11.4. The molecule has 2 N–H and O–H groups in total. The topological polar surface area (TPSA) is 46.1 Å². The van der Waals surface area contributed by atoms with Gasteiger partial charge in [0.15, 0.2) is 5.96 Å². The first-order chi connectivity index (χ1) is 15.7. The summed E-state index contributed by atoms with van der Waals surface area (Å²) in [5, 5.41) is 7.34. The van der Waals surface area contributed by atoms with Crippen LogP contribution in [0.15, 0.2) is 35.3 Å². The van der Waals surface area contributed by atoms with Gasteiger partial charge in [0, 0.05) is 36.9 Å². The van der Waals surface area contributed by atoms with Crippen molar-refractivity contribution in [2.24, 2.45) is 4.99 Å². The molecule has 0 radical (unpaired) electrons. The normalized spacial score (nSPS) is 25.5. The molecule has 0 aliphatic carbocycles. The molecule has 0 saturated carbocycles. The smallest absolute Gasteiger partial charge is 0.191 e. The predicted molar refractivity (Wildman–Crippen MR) is 136 cm³/mol. The molecule has 6 heteroatoms. The van der Waals surface area contributed by atoms with Crippen LogP contribution in [0.2, 0.25) is 0 Å². The average molecular weight is 441 g/mol. The highest BCUT2D eigenvalue weighted by Gasteiger charge is 2.39. The maximum atomic E-state index is 5.22. The second-order valence-corrected chi connectivity index (χ2v) is 10.0. The van der Waals surface area contributed by atoms with Crippen molar-refractivity contribution in [3.63, 3.8) is 0 Å². The number of likely N-dealkylation sites (tertiary alicyclic amines) is 2. The molecule has 3 aliphatic heterocycles. The molecule has 3 heterocycles. The molecule has 0 spiro atoms. The number of guanidine groups is 1. The van der Waals surface area contributed by atoms with Gasteiger partial charge < -0.3 is 20.4 Å². The molecule has 3 saturated heterocycles. The quantitative estimate of drug-likeness (QED) is 0.526. The lowest BCUT2D eigenvalue weighted by molar-refractivity contribution is 0.0208. The summed E-state index contributed by atoms with van der Waals surface area (Å²) in [4.78, 5) is 13.0. The Morgan fingerprint density at radius 1 is 1.00 bits per heavy atom. The minimum absolute atomic E-state index is 0.234. The van der Waals surface area contributed by atoms with Crippen molar-refractivity contribution in [2.45, 2.75) is 63.5 Å². The zero-order valence-corrected chi connectivity index (χ0v) is 20.4. The average Bonchev–Trinajstić information content (AvgIpc) is 2.85. The summed E-state index contributed by atoms with van der Waals surface area (Å²) < 4.78 is 0. The van der Waals surface area contributed by atoms with E-state index in [4.69, 9.17) is 4.99 Å². The van der Waals surface area contributed by atoms with Crippen molar-refractivity contribution in [3.05, 3.63) is 30.3 Å². The van der Waals surface area contributed by atoms with Gasteiger partial charge in [0.25, 0.3) is 0 Å². The number of para-hydroxylation sites is 1. The first-order valence-corrected chi connectivity index (χ1v) is 13.0. The van der Waals surface area contributed by atoms with E-state index in [0.29, 0.717) is 6.04 Å². The summed E-state index contributed by atoms with van der Waals surface area (Å²) in [6, 6.07) is 11.3. The fourth-order valence-electron chi connectivity index (χ4n) is 5.69. The molecule has 32 heavy (non-hydrogen) atoms. The van der Waals surface area contributed by atoms with Crippen molar-refractivity contribution in [3.8, 4) is 0 Å². The van der Waals surface area contributed by atoms with Crippen LogP contribution < -0.4 is 15.5 Å². The SMILES string of the molecule is CCNC(=NCC1(N2CCCCC2)CCN(C)CC1)NC1CCCN(c2ccccc2)C1. The van der Waals surface area contributed by atoms with Crippen LogP contribution in [0.5, 0.6) is 0 Å². The van der Waals surface area contributed by atoms with Crippen molar-refractivity contribution < 1.29 is 0 Å². The summed E-state index contributed by atoms with van der Waals surface area (Å²) in [5.74, 6) is 1.00. The molecule has 1 unspecified atom stereocenters. The predicted octanol–water partition coefficient (Wildman–Crippen LogP) is 3.16. The van der Waals surface area contributed by atoms with Crippen molar-refractivity contribution in [2.75, 3.05) is 64.3 Å². The summed E-state index contributed by atoms with van der Waals surface area (Å²) in [6.07, 6.45) is 8.97. The van der Waals surface area contributed by atoms with Gasteiger partial charge >= 0.3 is 0 Å². The molecule has 1 atom stereocenters. The van der Waals surface area contributed by atoms with Gasteiger partial charge in [-0.15, -0.1) is 0 Å². The number of benzene rings is 1. The molecular formula is C26H44N6. The maximum absolute atomic E-state index is 5.22. The molecular weight excluding hydrogens is 396 g/mol. The lowest BCUT2D eigenvalue weighted by Gasteiger charge is -2.49. The van der Waals surface area contributed by atoms with E-state index in [9.17, 15) is 0 Å². The molecule has 0 aromatic heterocycles. The van der Waals surface area contributed by atoms with E-state index in [1.54, 1.807) is 0 Å². The highest BCUT2D eigenvalue weighted by atomic mass is 15.3. The van der Waals surface area contributed by atoms with Crippen LogP contribution in [0.3, 0.4) is 0 Å². The van der Waals surface area contributed by atoms with Gasteiger partial charge in [0.1, 0.15) is 0 Å². The lowest BCUT2D eigenvalue weighted by Crippen LogP contribution is -2.58. The van der Waals surface area contributed by atoms with E-state index in [2.05, 4.69) is 69.6 Å². The van der Waals surface area contributed by atoms with Gasteiger partial charge in [-0.2, -0.15) is 0 Å². The number of nitrogens with one attached hydrogen (secondary N) is 2. The number of hydrogen-bond donors (Lipinski definition) is 2. The lowest BCUT2D eigenvalue weighted by atomic mass is 9.84. The Hall–Kier alpha value is -1.79. The van der Waals surface area contributed by atoms with Gasteiger partial charge in [0.05, 0.1) is 6.54 Å². The Labute approximate surface area is 195 Å². The van der Waals surface area contributed by atoms with Gasteiger partial charge in [-0.1, -0.05) is 24.6 Å². The Bertz CT molecular complexity index is 706. The van der Waals surface area contributed by atoms with Crippen molar-refractivity contribution in [1.82, 2.24) is 20.4 Å². The summed E-state index contributed by atoms with van der Waals surface area (Å²) in [6.45, 7) is 11.0. The molecule has 178 valence electrons. The van der Waals surface area contributed by atoms with Crippen LogP contribution in [0.1, 0.15) is 51.9 Å². The Kier molecular flexibility index (Phi) is 8.31. The molecule has 0 amide bonds. The van der Waals surface area contributed by atoms with E-state index < -0.39 is 0 Å². The number of hydrogen-bond acceptors (Lipinski definition) is 4. The fraction of sp³-hybridized carbons (Fsp3) is 0.731. The summed E-state index contributed by atoms with van der Waals surface area (Å²) in [7, 11) is 2.26. The number of rotatable bonds is 6. The highest BCUT2D eigenvalue weighted by Crippen LogP contribution is 2.31. The van der Waals surface area contributed by atoms with Gasteiger partial charge in [-0.05, 0) is 90.8 Å². The zero-order valence-electron chi connectivity index (χ0n) is 20.4. The minimum Gasteiger partial charge on any atom is -0.369 e. The number of aliphatic imine (C=N–C) groups is 1. The van der Waals surface area contributed by atoms with E-state index in [1.165, 1.54) is 76.8 Å². The largest absolute Gasteiger partial charge is 0.369 e. The third-order valence-corrected chi connectivity index (χ3v) is 7.70. The molecule has 0 bridgehead atoms. The fourth-order valence-corrected chi connectivity index (χ4v) is 5.69. The number of nitrogens with zero attached hydrogens (tertiary/aromatic N) is 4. The van der Waals surface area contributed by atoms with E-state index in [0.717, 1.165) is 32.1 Å². The summed E-state index contributed by atoms with van der Waals surface area (Å²) in [5.41, 5.74) is 1.56. The zero-order chi connectivity index (χ0) is 22.2. The van der Waals surface area contributed by atoms with E-state index in [1.807, 2.05) is 0 Å². The van der Waals surface area contributed by atoms with Crippen LogP contribution in [0, 0.1) is 0 Å². The Morgan fingerprint density at radius 3 is 2.47 bits per heavy atom. The standard InChI is InChI=1S/C26H44N6/c1-3-27-25(29-23-11-10-16-31(21-23)24-12-6-4-7-13-24)28-22-26(14-19-30(2)20-15-26)32-17-8-5-9-18-32/h4,6-7,12-13,23H,3,5,8-11,14-22H2,1-2H3,(H2,27,28,29). The van der Waals surface area contributed by atoms with Crippen LogP contribution in [0.4, 0.5) is 5.69 Å². The third kappa shape index (κ3) is 5.96. The van der Waals surface area contributed by atoms with E-state index >= 15 is 0 Å². The Balaban J connectivity index is 1.43. The van der Waals surface area contributed by atoms with Crippen molar-refractivity contribution >= 4 is 11.6 Å². The molecule has 4 rings (SSSR count). The molecule has 1 aromatic rings. The first-order valence-electron chi connectivity index (χ1n) is 13.0. The van der Waals surface area contributed by atoms with Gasteiger partial charge in [-0.25, -0.2) is 0 Å². The molecule has 3 aliphatic rings. The van der Waals surface area contributed by atoms with E-state index in [-0.39, 0.29) is 5.54 Å². The van der Waals surface area contributed by atoms with Crippen LogP contribution >= 0.6 is 0 Å². The van der Waals surface area contributed by atoms with Gasteiger partial charge in [-0.3, -0.25) is 9.89 Å². The number of anilines is 1. The number of piperidine rings is 3. The van der Waals surface area contributed by atoms with Gasteiger partial charge in [0.2, 0.25) is 0 Å². The first kappa shape index (κ1) is 23.4. The monoisotopic (exact) mass is 440 g/mol. The van der Waals surface area contributed by atoms with Crippen LogP contribution in [-0.2, 0) is 0 Å². The van der Waals surface area contributed by atoms with Crippen molar-refractivity contribution in [1.29, 1.82) is 0 Å². The highest BCUT2D eigenvalue weighted by molar-refractivity contribution is 5.80. The minimum atomic E-state index is 0.234. The molecule has 6 nitrogen and oxygen atoms in total.